The lowest BCUT2D eigenvalue weighted by molar-refractivity contribution is -0.0745. The van der Waals surface area contributed by atoms with E-state index in [0.29, 0.717) is 0 Å². The van der Waals surface area contributed by atoms with Crippen molar-refractivity contribution in [3.63, 3.8) is 0 Å². The van der Waals surface area contributed by atoms with Gasteiger partial charge < -0.3 is 14.7 Å². The molecule has 1 aliphatic carbocycles. The Bertz CT molecular complexity index is 546. The maximum Gasteiger partial charge on any atom is 0.119 e. The highest BCUT2D eigenvalue weighted by atomic mass is 16.5. The molecule has 1 aliphatic heterocycles. The van der Waals surface area contributed by atoms with Gasteiger partial charge in [0.05, 0.1) is 13.2 Å². The van der Waals surface area contributed by atoms with Crippen LogP contribution >= 0.6 is 0 Å². The van der Waals surface area contributed by atoms with Crippen molar-refractivity contribution in [1.29, 1.82) is 0 Å². The van der Waals surface area contributed by atoms with Crippen LogP contribution in [0.4, 0.5) is 0 Å². The molecule has 0 radical (unpaired) electrons. The number of rotatable bonds is 4. The van der Waals surface area contributed by atoms with Crippen LogP contribution in [0.15, 0.2) is 24.3 Å². The lowest BCUT2D eigenvalue weighted by atomic mass is 9.49. The van der Waals surface area contributed by atoms with E-state index < -0.39 is 0 Å². The van der Waals surface area contributed by atoms with E-state index in [1.807, 2.05) is 6.07 Å². The first-order valence-electron chi connectivity index (χ1n) is 9.14. The van der Waals surface area contributed by atoms with Crippen molar-refractivity contribution >= 4 is 0 Å². The number of hydrogen-bond acceptors (Lipinski definition) is 3. The average molecular weight is 317 g/mol. The maximum absolute atomic E-state index is 10.5. The van der Waals surface area contributed by atoms with Gasteiger partial charge in [0.25, 0.3) is 0 Å². The maximum atomic E-state index is 10.5. The molecule has 128 valence electrons. The third-order valence-corrected chi connectivity index (χ3v) is 6.68. The molecule has 3 atom stereocenters. The molecule has 0 aromatic heterocycles. The Hall–Kier alpha value is -1.06. The molecular weight excluding hydrogens is 286 g/mol. The molecule has 1 aromatic carbocycles. The van der Waals surface area contributed by atoms with Gasteiger partial charge in [0.15, 0.2) is 0 Å². The first-order valence-corrected chi connectivity index (χ1v) is 9.14. The molecule has 0 spiro atoms. The first-order chi connectivity index (χ1) is 11.1. The predicted octanol–water partition coefficient (Wildman–Crippen LogP) is 3.60. The summed E-state index contributed by atoms with van der Waals surface area (Å²) in [5, 5.41) is 10.5. The van der Waals surface area contributed by atoms with Crippen molar-refractivity contribution in [2.45, 2.75) is 57.5 Å². The van der Waals surface area contributed by atoms with E-state index in [-0.39, 0.29) is 16.9 Å². The number of nitrogens with zero attached hydrogens (tertiary/aromatic N) is 1. The number of methoxy groups -OCH3 is 1. The molecule has 3 rings (SSSR count). The molecule has 1 saturated heterocycles. The SMILES string of the molecule is CCN1CCC2(c3cccc(OC)c3)CC(O)CCC2(CC)C1. The molecule has 1 aromatic rings. The minimum atomic E-state index is -0.172. The topological polar surface area (TPSA) is 32.7 Å². The largest absolute Gasteiger partial charge is 0.497 e. The third kappa shape index (κ3) is 2.68. The van der Waals surface area contributed by atoms with Crippen molar-refractivity contribution < 1.29 is 9.84 Å². The lowest BCUT2D eigenvalue weighted by Crippen LogP contribution is -2.61. The number of hydrogen-bond donors (Lipinski definition) is 1. The molecular formula is C20H31NO2. The van der Waals surface area contributed by atoms with Crippen LogP contribution in [0.25, 0.3) is 0 Å². The van der Waals surface area contributed by atoms with Gasteiger partial charge in [-0.25, -0.2) is 0 Å². The molecule has 1 heterocycles. The fourth-order valence-electron chi connectivity index (χ4n) is 5.24. The molecule has 0 bridgehead atoms. The second-order valence-corrected chi connectivity index (χ2v) is 7.46. The summed E-state index contributed by atoms with van der Waals surface area (Å²) in [6, 6.07) is 8.60. The van der Waals surface area contributed by atoms with Crippen LogP contribution in [0.5, 0.6) is 5.75 Å². The van der Waals surface area contributed by atoms with Gasteiger partial charge in [-0.2, -0.15) is 0 Å². The zero-order valence-corrected chi connectivity index (χ0v) is 14.8. The minimum absolute atomic E-state index is 0.0830. The molecule has 1 saturated carbocycles. The third-order valence-electron chi connectivity index (χ3n) is 6.68. The second kappa shape index (κ2) is 6.45. The Balaban J connectivity index is 2.08. The number of piperidine rings is 1. The highest BCUT2D eigenvalue weighted by Gasteiger charge is 2.56. The van der Waals surface area contributed by atoms with Crippen molar-refractivity contribution in [1.82, 2.24) is 4.90 Å². The summed E-state index contributed by atoms with van der Waals surface area (Å²) >= 11 is 0. The molecule has 3 unspecified atom stereocenters. The fraction of sp³-hybridized carbons (Fsp3) is 0.700. The van der Waals surface area contributed by atoms with E-state index in [0.717, 1.165) is 51.1 Å². The zero-order chi connectivity index (χ0) is 16.5. The van der Waals surface area contributed by atoms with Crippen LogP contribution in [-0.2, 0) is 5.41 Å². The normalized spacial score (nSPS) is 34.9. The monoisotopic (exact) mass is 317 g/mol. The molecule has 3 heteroatoms. The van der Waals surface area contributed by atoms with Gasteiger partial charge in [-0.15, -0.1) is 0 Å². The van der Waals surface area contributed by atoms with Crippen LogP contribution in [0.1, 0.15) is 51.5 Å². The standard InChI is InChI=1S/C20H31NO2/c1-4-19-10-9-17(22)14-20(19,11-12-21(5-2)15-19)16-7-6-8-18(13-16)23-3/h6-8,13,17,22H,4-5,9-12,14-15H2,1-3H3. The van der Waals surface area contributed by atoms with Crippen LogP contribution in [0.2, 0.25) is 0 Å². The van der Waals surface area contributed by atoms with Gasteiger partial charge in [-0.3, -0.25) is 0 Å². The quantitative estimate of drug-likeness (QED) is 0.921. The Morgan fingerprint density at radius 2 is 2.13 bits per heavy atom. The second-order valence-electron chi connectivity index (χ2n) is 7.46. The molecule has 3 nitrogen and oxygen atoms in total. The van der Waals surface area contributed by atoms with E-state index in [2.05, 4.69) is 36.9 Å². The van der Waals surface area contributed by atoms with E-state index in [1.54, 1.807) is 7.11 Å². The van der Waals surface area contributed by atoms with Crippen molar-refractivity contribution in [2.75, 3.05) is 26.7 Å². The van der Waals surface area contributed by atoms with Gasteiger partial charge in [-0.1, -0.05) is 26.0 Å². The molecule has 2 aliphatic rings. The van der Waals surface area contributed by atoms with Gasteiger partial charge in [0, 0.05) is 12.0 Å². The summed E-state index contributed by atoms with van der Waals surface area (Å²) in [6.07, 6.45) is 5.10. The van der Waals surface area contributed by atoms with Crippen LogP contribution < -0.4 is 4.74 Å². The van der Waals surface area contributed by atoms with Gasteiger partial charge in [-0.05, 0) is 68.3 Å². The van der Waals surface area contributed by atoms with E-state index in [4.69, 9.17) is 4.74 Å². The Kier molecular flexibility index (Phi) is 4.70. The van der Waals surface area contributed by atoms with Crippen molar-refractivity contribution in [3.05, 3.63) is 29.8 Å². The summed E-state index contributed by atoms with van der Waals surface area (Å²) in [5.74, 6) is 0.930. The number of ether oxygens (including phenoxy) is 1. The molecule has 23 heavy (non-hydrogen) atoms. The minimum Gasteiger partial charge on any atom is -0.497 e. The predicted molar refractivity (Wildman–Crippen MR) is 94.0 cm³/mol. The smallest absolute Gasteiger partial charge is 0.119 e. The molecule has 1 N–H and O–H groups in total. The van der Waals surface area contributed by atoms with Crippen molar-refractivity contribution in [2.24, 2.45) is 5.41 Å². The fourth-order valence-corrected chi connectivity index (χ4v) is 5.24. The number of aliphatic hydroxyl groups is 1. The number of aliphatic hydroxyl groups excluding tert-OH is 1. The highest BCUT2D eigenvalue weighted by Crippen LogP contribution is 2.58. The summed E-state index contributed by atoms with van der Waals surface area (Å²) in [6.45, 7) is 8.01. The summed E-state index contributed by atoms with van der Waals surface area (Å²) in [7, 11) is 1.74. The van der Waals surface area contributed by atoms with E-state index in [9.17, 15) is 5.11 Å². The molecule has 2 fully saturated rings. The lowest BCUT2D eigenvalue weighted by Gasteiger charge is -2.60. The number of likely N-dealkylation sites (tertiary alicyclic amines) is 1. The summed E-state index contributed by atoms with van der Waals surface area (Å²) in [5.41, 5.74) is 1.72. The van der Waals surface area contributed by atoms with Gasteiger partial charge in [0.1, 0.15) is 5.75 Å². The summed E-state index contributed by atoms with van der Waals surface area (Å²) in [4.78, 5) is 2.60. The van der Waals surface area contributed by atoms with Crippen molar-refractivity contribution in [3.8, 4) is 5.75 Å². The van der Waals surface area contributed by atoms with E-state index in [1.165, 1.54) is 12.0 Å². The Labute approximate surface area is 140 Å². The van der Waals surface area contributed by atoms with Gasteiger partial charge >= 0.3 is 0 Å². The highest BCUT2D eigenvalue weighted by molar-refractivity contribution is 5.38. The van der Waals surface area contributed by atoms with Crippen LogP contribution in [0.3, 0.4) is 0 Å². The average Bonchev–Trinajstić information content (AvgIpc) is 2.61. The van der Waals surface area contributed by atoms with Crippen LogP contribution in [0, 0.1) is 5.41 Å². The zero-order valence-electron chi connectivity index (χ0n) is 14.8. The van der Waals surface area contributed by atoms with Crippen LogP contribution in [-0.4, -0.2) is 42.9 Å². The summed E-state index contributed by atoms with van der Waals surface area (Å²) < 4.78 is 5.48. The Morgan fingerprint density at radius 1 is 1.30 bits per heavy atom. The van der Waals surface area contributed by atoms with Gasteiger partial charge in [0.2, 0.25) is 0 Å². The first kappa shape index (κ1) is 16.8. The number of benzene rings is 1. The van der Waals surface area contributed by atoms with E-state index >= 15 is 0 Å². The molecule has 0 amide bonds. The number of fused-ring (bicyclic) bond motifs is 1. The Morgan fingerprint density at radius 3 is 2.83 bits per heavy atom.